The molecule has 0 aliphatic rings. The van der Waals surface area contributed by atoms with Gasteiger partial charge in [-0.2, -0.15) is 67.0 Å². The third-order valence-corrected chi connectivity index (χ3v) is 21.0. The van der Waals surface area contributed by atoms with Gasteiger partial charge in [-0.1, -0.05) is 143 Å². The zero-order valence-corrected chi connectivity index (χ0v) is 38.9. The molecule has 7 aromatic rings. The molecule has 0 saturated heterocycles. The van der Waals surface area contributed by atoms with Crippen LogP contribution in [0.1, 0.15) is 55.6 Å². The molecule has 0 aromatic heterocycles. The molecule has 0 N–H and O–H groups in total. The van der Waals surface area contributed by atoms with Crippen LogP contribution in [0.5, 0.6) is 0 Å². The van der Waals surface area contributed by atoms with E-state index in [0.717, 1.165) is 0 Å². The number of aryl methyl sites for hydroxylation is 2. The van der Waals surface area contributed by atoms with E-state index in [2.05, 4.69) is 168 Å². The van der Waals surface area contributed by atoms with E-state index in [4.69, 9.17) is 0 Å². The van der Waals surface area contributed by atoms with E-state index in [1.165, 1.54) is 99.4 Å². The molecular formula is C48H54Li4Si2. The van der Waals surface area contributed by atoms with E-state index in [9.17, 15) is 0 Å². The molecule has 0 bridgehead atoms. The molecular weight excluding hydrogens is 660 g/mol. The van der Waals surface area contributed by atoms with E-state index < -0.39 is 16.1 Å². The molecule has 7 aromatic carbocycles. The van der Waals surface area contributed by atoms with Crippen LogP contribution in [0.3, 0.4) is 0 Å². The van der Waals surface area contributed by atoms with Crippen molar-refractivity contribution in [2.75, 3.05) is 0 Å². The van der Waals surface area contributed by atoms with Gasteiger partial charge in [0.05, 0.1) is 0 Å². The van der Waals surface area contributed by atoms with E-state index >= 15 is 0 Å². The second-order valence-electron chi connectivity index (χ2n) is 16.5. The predicted octanol–water partition coefficient (Wildman–Crippen LogP) is -1.05. The van der Waals surface area contributed by atoms with E-state index in [1.807, 2.05) is 0 Å². The van der Waals surface area contributed by atoms with Gasteiger partial charge >= 0.3 is 75.4 Å². The minimum Gasteiger partial charge on any atom is -0.196 e. The molecule has 54 heavy (non-hydrogen) atoms. The first kappa shape index (κ1) is 46.8. The molecule has 0 spiro atoms. The van der Waals surface area contributed by atoms with Crippen molar-refractivity contribution in [3.05, 3.63) is 128 Å². The number of benzene rings is 3. The van der Waals surface area contributed by atoms with Gasteiger partial charge in [-0.15, -0.1) is 67.3 Å². The first-order valence-electron chi connectivity index (χ1n) is 18.5. The van der Waals surface area contributed by atoms with Crippen LogP contribution in [0.25, 0.3) is 43.8 Å². The number of rotatable bonds is 6. The summed E-state index contributed by atoms with van der Waals surface area (Å²) in [4.78, 5) is 0. The largest absolute Gasteiger partial charge is 1.00 e. The Balaban J connectivity index is 0.00000196. The van der Waals surface area contributed by atoms with Crippen LogP contribution >= 0.6 is 0 Å². The predicted molar refractivity (Wildman–Crippen MR) is 228 cm³/mol. The minimum absolute atomic E-state index is 0. The molecule has 0 heterocycles. The SMILES string of the molecule is Cc1c(C)c(C)[c-]([Si](C)(C)[c-]2c(C)cc3c(-c4ccc(-c5cccc6c5cc(C)[c-]6[Si](C)(C)[c-]5c(C)c(C)c(C)c5C)cc4)cccc32)c1C.[Li+].[Li+].[Li+].[Li+]. The van der Waals surface area contributed by atoms with Gasteiger partial charge in [0, 0.05) is 16.1 Å². The Hall–Kier alpha value is -1.60. The van der Waals surface area contributed by atoms with Crippen molar-refractivity contribution in [2.45, 2.75) is 95.4 Å². The summed E-state index contributed by atoms with van der Waals surface area (Å²) in [5.41, 5.74) is 20.0. The topological polar surface area (TPSA) is 0 Å². The van der Waals surface area contributed by atoms with Gasteiger partial charge in [0.25, 0.3) is 0 Å². The van der Waals surface area contributed by atoms with Gasteiger partial charge in [0.1, 0.15) is 0 Å². The Morgan fingerprint density at radius 3 is 0.926 bits per heavy atom. The van der Waals surface area contributed by atoms with Crippen LogP contribution in [-0.2, 0) is 0 Å². The smallest absolute Gasteiger partial charge is 0.196 e. The molecule has 7 rings (SSSR count). The average molecular weight is 715 g/mol. The van der Waals surface area contributed by atoms with Crippen molar-refractivity contribution >= 4 is 58.4 Å². The summed E-state index contributed by atoms with van der Waals surface area (Å²) in [6.07, 6.45) is 0. The third kappa shape index (κ3) is 7.02. The van der Waals surface area contributed by atoms with Crippen molar-refractivity contribution in [2.24, 2.45) is 0 Å². The van der Waals surface area contributed by atoms with E-state index in [0.29, 0.717) is 0 Å². The molecule has 0 aliphatic heterocycles. The second-order valence-corrected chi connectivity index (χ2v) is 25.0. The van der Waals surface area contributed by atoms with Crippen molar-refractivity contribution in [3.63, 3.8) is 0 Å². The van der Waals surface area contributed by atoms with Gasteiger partial charge in [0.2, 0.25) is 0 Å². The Bertz CT molecular complexity index is 2250. The second kappa shape index (κ2) is 16.7. The van der Waals surface area contributed by atoms with Crippen LogP contribution in [0.4, 0.5) is 0 Å². The zero-order valence-electron chi connectivity index (χ0n) is 36.9. The quantitative estimate of drug-likeness (QED) is 0.153. The van der Waals surface area contributed by atoms with Crippen molar-refractivity contribution in [1.29, 1.82) is 0 Å². The van der Waals surface area contributed by atoms with Gasteiger partial charge < -0.3 is 0 Å². The average Bonchev–Trinajstić information content (AvgIpc) is 3.73. The normalized spacial score (nSPS) is 11.7. The van der Waals surface area contributed by atoms with Crippen LogP contribution in [0.2, 0.25) is 26.2 Å². The maximum Gasteiger partial charge on any atom is 1.00 e. The Morgan fingerprint density at radius 2 is 0.648 bits per heavy atom. The zero-order chi connectivity index (χ0) is 36.2. The summed E-state index contributed by atoms with van der Waals surface area (Å²) < 4.78 is 0. The summed E-state index contributed by atoms with van der Waals surface area (Å²) in [6.45, 7) is 33.5. The first-order valence-corrected chi connectivity index (χ1v) is 24.5. The molecule has 0 radical (unpaired) electrons. The summed E-state index contributed by atoms with van der Waals surface area (Å²) >= 11 is 0. The van der Waals surface area contributed by atoms with Crippen LogP contribution in [0, 0.1) is 69.2 Å². The minimum atomic E-state index is -1.96. The molecule has 0 fully saturated rings. The molecule has 0 amide bonds. The third-order valence-electron chi connectivity index (χ3n) is 13.1. The van der Waals surface area contributed by atoms with Gasteiger partial charge in [-0.05, 0) is 11.1 Å². The van der Waals surface area contributed by atoms with Gasteiger partial charge in [-0.3, -0.25) is 0 Å². The van der Waals surface area contributed by atoms with E-state index in [-0.39, 0.29) is 75.4 Å². The summed E-state index contributed by atoms with van der Waals surface area (Å²) in [6, 6.07) is 28.3. The fourth-order valence-corrected chi connectivity index (χ4v) is 19.3. The molecule has 0 unspecified atom stereocenters. The molecule has 6 heteroatoms. The molecule has 0 saturated carbocycles. The summed E-state index contributed by atoms with van der Waals surface area (Å²) in [5, 5.41) is 12.1. The first-order chi connectivity index (χ1) is 23.5. The van der Waals surface area contributed by atoms with Gasteiger partial charge in [-0.25, -0.2) is 0 Å². The molecule has 0 atom stereocenters. The maximum absolute atomic E-state index is 2.57. The molecule has 0 nitrogen and oxygen atoms in total. The van der Waals surface area contributed by atoms with Crippen LogP contribution in [-0.4, -0.2) is 16.1 Å². The van der Waals surface area contributed by atoms with Crippen molar-refractivity contribution in [1.82, 2.24) is 0 Å². The molecule has 258 valence electrons. The van der Waals surface area contributed by atoms with Crippen molar-refractivity contribution < 1.29 is 75.4 Å². The van der Waals surface area contributed by atoms with Crippen LogP contribution < -0.4 is 96.2 Å². The monoisotopic (exact) mass is 714 g/mol. The van der Waals surface area contributed by atoms with Crippen molar-refractivity contribution in [3.8, 4) is 22.3 Å². The summed E-state index contributed by atoms with van der Waals surface area (Å²) in [5.74, 6) is 0. The summed E-state index contributed by atoms with van der Waals surface area (Å²) in [7, 11) is -3.92. The van der Waals surface area contributed by atoms with E-state index in [1.54, 1.807) is 20.7 Å². The standard InChI is InChI=1S/C48H54Si2.4Li/c1-27-25-43-39(17-15-19-41(43)45(27)49(11,12)47-33(7)29(3)30(4)34(47)8)37-21-23-38(24-22-37)40-18-16-20-42-44(40)26-28(2)46(42)50(13,14)48-35(9)31(5)32(6)36(48)10;;;;/h15-26H,1-14H3;;;;/q-4;4*+1. The number of hydrogen-bond donors (Lipinski definition) is 0. The fraction of sp³-hybridized carbons (Fsp3) is 0.292. The van der Waals surface area contributed by atoms with Gasteiger partial charge in [0.15, 0.2) is 0 Å². The number of fused-ring (bicyclic) bond motifs is 2. The Kier molecular flexibility index (Phi) is 14.5. The maximum atomic E-state index is 2.57. The molecule has 0 aliphatic carbocycles. The number of hydrogen-bond acceptors (Lipinski definition) is 0. The Morgan fingerprint density at radius 1 is 0.370 bits per heavy atom. The Labute approximate surface area is 376 Å². The van der Waals surface area contributed by atoms with Crippen LogP contribution in [0.15, 0.2) is 72.8 Å². The fourth-order valence-electron chi connectivity index (χ4n) is 10.4.